The second-order valence-electron chi connectivity index (χ2n) is 11.6. The highest BCUT2D eigenvalue weighted by atomic mass is 16.6. The Morgan fingerprint density at radius 3 is 1.98 bits per heavy atom. The third-order valence-corrected chi connectivity index (χ3v) is 8.16. The summed E-state index contributed by atoms with van der Waals surface area (Å²) in [6.07, 6.45) is 17.8. The summed E-state index contributed by atoms with van der Waals surface area (Å²) in [5.74, 6) is -0.429. The Balaban J connectivity index is 1.77. The Hall–Kier alpha value is -2.57. The summed E-state index contributed by atoms with van der Waals surface area (Å²) < 4.78 is 10.8. The van der Waals surface area contributed by atoms with Crippen molar-refractivity contribution >= 4 is 18.0 Å². The molecule has 41 heavy (non-hydrogen) atoms. The first-order valence-corrected chi connectivity index (χ1v) is 16.4. The number of ether oxygens (including phenoxy) is 2. The predicted molar refractivity (Wildman–Crippen MR) is 164 cm³/mol. The molecule has 2 amide bonds. The number of unbranched alkanes of at least 4 members (excludes halogenated alkanes) is 12. The first-order valence-electron chi connectivity index (χ1n) is 16.4. The summed E-state index contributed by atoms with van der Waals surface area (Å²) in [5, 5.41) is 0. The van der Waals surface area contributed by atoms with E-state index in [1.165, 1.54) is 64.2 Å². The Bertz CT molecular complexity index is 862. The molecule has 7 nitrogen and oxygen atoms in total. The van der Waals surface area contributed by atoms with Crippen LogP contribution in [0, 0.1) is 0 Å². The van der Waals surface area contributed by atoms with Crippen LogP contribution in [0.1, 0.15) is 129 Å². The number of likely N-dealkylation sites (tertiary alicyclic amines) is 1. The van der Waals surface area contributed by atoms with Gasteiger partial charge in [0.05, 0.1) is 12.6 Å². The van der Waals surface area contributed by atoms with Gasteiger partial charge in [-0.15, -0.1) is 0 Å². The zero-order valence-electron chi connectivity index (χ0n) is 26.1. The Morgan fingerprint density at radius 2 is 1.39 bits per heavy atom. The summed E-state index contributed by atoms with van der Waals surface area (Å²) in [6.45, 7) is 6.80. The van der Waals surface area contributed by atoms with Crippen LogP contribution in [-0.2, 0) is 25.7 Å². The second-order valence-corrected chi connectivity index (χ2v) is 11.6. The van der Waals surface area contributed by atoms with Gasteiger partial charge in [0.1, 0.15) is 13.2 Å². The fraction of sp³-hybridized carbons (Fsp3) is 0.735. The van der Waals surface area contributed by atoms with E-state index in [4.69, 9.17) is 9.47 Å². The number of carbonyl (C=O) groups excluding carboxylic acids is 3. The van der Waals surface area contributed by atoms with Gasteiger partial charge in [-0.3, -0.25) is 9.59 Å². The molecule has 1 aromatic carbocycles. The Labute approximate surface area is 249 Å². The fourth-order valence-corrected chi connectivity index (χ4v) is 5.60. The largest absolute Gasteiger partial charge is 0.465 e. The van der Waals surface area contributed by atoms with Crippen LogP contribution in [0.3, 0.4) is 0 Å². The molecule has 0 N–H and O–H groups in total. The minimum Gasteiger partial charge on any atom is -0.465 e. The summed E-state index contributed by atoms with van der Waals surface area (Å²) in [6, 6.07) is 9.38. The van der Waals surface area contributed by atoms with E-state index in [0.29, 0.717) is 13.0 Å². The fourth-order valence-electron chi connectivity index (χ4n) is 5.60. The minimum atomic E-state index is -0.400. The highest BCUT2D eigenvalue weighted by molar-refractivity contribution is 5.82. The average molecular weight is 573 g/mol. The van der Waals surface area contributed by atoms with Crippen molar-refractivity contribution in [3.8, 4) is 0 Å². The standard InChI is InChI=1S/C34H56N2O5/c1-4-6-7-8-9-10-11-12-13-14-15-16-20-23-32(37)36(27-33(38)40-5-2)31-25-24-29(3)35(26-31)34(39)41-28-30-21-18-17-19-22-30/h17-19,21-22,29,31H,4-16,20,23-28H2,1-3H3/t29-,31+/m1/s1. The van der Waals surface area contributed by atoms with Gasteiger partial charge in [-0.2, -0.15) is 0 Å². The first-order chi connectivity index (χ1) is 20.0. The summed E-state index contributed by atoms with van der Waals surface area (Å²) in [5.41, 5.74) is 0.930. The molecule has 1 aliphatic rings. The van der Waals surface area contributed by atoms with Gasteiger partial charge >= 0.3 is 12.1 Å². The lowest BCUT2D eigenvalue weighted by atomic mass is 9.98. The van der Waals surface area contributed by atoms with Crippen LogP contribution in [0.25, 0.3) is 0 Å². The Kier molecular flexibility index (Phi) is 17.9. The molecule has 0 unspecified atom stereocenters. The monoisotopic (exact) mass is 572 g/mol. The van der Waals surface area contributed by atoms with Crippen molar-refractivity contribution in [3.05, 3.63) is 35.9 Å². The van der Waals surface area contributed by atoms with Crippen LogP contribution in [0.5, 0.6) is 0 Å². The number of piperidine rings is 1. The highest BCUT2D eigenvalue weighted by Crippen LogP contribution is 2.24. The number of rotatable bonds is 20. The third kappa shape index (κ3) is 14.2. The molecule has 0 bridgehead atoms. The molecule has 0 spiro atoms. The molecule has 1 heterocycles. The molecule has 2 rings (SSSR count). The number of carbonyl (C=O) groups is 3. The minimum absolute atomic E-state index is 0.00938. The predicted octanol–water partition coefficient (Wildman–Crippen LogP) is 8.05. The van der Waals surface area contributed by atoms with E-state index in [9.17, 15) is 14.4 Å². The van der Waals surface area contributed by atoms with Crippen LogP contribution in [0.15, 0.2) is 30.3 Å². The van der Waals surface area contributed by atoms with Crippen LogP contribution >= 0.6 is 0 Å². The van der Waals surface area contributed by atoms with Gasteiger partial charge in [0.25, 0.3) is 0 Å². The maximum atomic E-state index is 13.3. The maximum Gasteiger partial charge on any atom is 0.410 e. The lowest BCUT2D eigenvalue weighted by molar-refractivity contribution is -0.151. The number of hydrogen-bond donors (Lipinski definition) is 0. The van der Waals surface area contributed by atoms with Crippen molar-refractivity contribution in [2.75, 3.05) is 19.7 Å². The van der Waals surface area contributed by atoms with Gasteiger partial charge in [0, 0.05) is 19.0 Å². The van der Waals surface area contributed by atoms with Gasteiger partial charge in [-0.25, -0.2) is 4.79 Å². The van der Waals surface area contributed by atoms with Crippen LogP contribution < -0.4 is 0 Å². The van der Waals surface area contributed by atoms with E-state index in [0.717, 1.165) is 37.7 Å². The quantitative estimate of drug-likeness (QED) is 0.117. The molecular formula is C34H56N2O5. The van der Waals surface area contributed by atoms with E-state index in [1.54, 1.807) is 16.7 Å². The van der Waals surface area contributed by atoms with E-state index >= 15 is 0 Å². The topological polar surface area (TPSA) is 76.2 Å². The van der Waals surface area contributed by atoms with Gasteiger partial charge in [0.2, 0.25) is 5.91 Å². The molecule has 1 aliphatic heterocycles. The molecule has 1 saturated heterocycles. The average Bonchev–Trinajstić information content (AvgIpc) is 2.98. The summed E-state index contributed by atoms with van der Waals surface area (Å²) in [7, 11) is 0. The van der Waals surface area contributed by atoms with Crippen molar-refractivity contribution in [2.24, 2.45) is 0 Å². The van der Waals surface area contributed by atoms with E-state index in [1.807, 2.05) is 37.3 Å². The van der Waals surface area contributed by atoms with Crippen molar-refractivity contribution in [2.45, 2.75) is 142 Å². The molecule has 232 valence electrons. The number of hydrogen-bond acceptors (Lipinski definition) is 5. The van der Waals surface area contributed by atoms with Gasteiger partial charge in [-0.1, -0.05) is 114 Å². The molecule has 1 aromatic rings. The Morgan fingerprint density at radius 1 is 0.805 bits per heavy atom. The van der Waals surface area contributed by atoms with Crippen molar-refractivity contribution in [1.29, 1.82) is 0 Å². The van der Waals surface area contributed by atoms with Gasteiger partial charge in [-0.05, 0) is 38.7 Å². The normalized spacial score (nSPS) is 16.8. The highest BCUT2D eigenvalue weighted by Gasteiger charge is 2.35. The molecule has 7 heteroatoms. The van der Waals surface area contributed by atoms with Crippen LogP contribution in [0.4, 0.5) is 4.79 Å². The molecule has 0 saturated carbocycles. The lowest BCUT2D eigenvalue weighted by Crippen LogP contribution is -2.55. The van der Waals surface area contributed by atoms with E-state index in [-0.39, 0.29) is 43.8 Å². The van der Waals surface area contributed by atoms with Crippen molar-refractivity contribution < 1.29 is 23.9 Å². The van der Waals surface area contributed by atoms with Crippen molar-refractivity contribution in [3.63, 3.8) is 0 Å². The smallest absolute Gasteiger partial charge is 0.410 e. The van der Waals surface area contributed by atoms with Gasteiger partial charge in [0.15, 0.2) is 0 Å². The molecule has 1 fully saturated rings. The maximum absolute atomic E-state index is 13.3. The number of amides is 2. The zero-order chi connectivity index (χ0) is 29.7. The SMILES string of the molecule is CCCCCCCCCCCCCCCC(=O)N(CC(=O)OCC)[C@H]1CC[C@@H](C)N(C(=O)OCc2ccccc2)C1. The molecule has 0 aromatic heterocycles. The first kappa shape index (κ1) is 34.6. The van der Waals surface area contributed by atoms with E-state index in [2.05, 4.69) is 6.92 Å². The molecular weight excluding hydrogens is 516 g/mol. The molecule has 0 radical (unpaired) electrons. The summed E-state index contributed by atoms with van der Waals surface area (Å²) >= 11 is 0. The van der Waals surface area contributed by atoms with Crippen LogP contribution in [-0.4, -0.2) is 59.5 Å². The number of esters is 1. The van der Waals surface area contributed by atoms with Crippen molar-refractivity contribution in [1.82, 2.24) is 9.80 Å². The van der Waals surface area contributed by atoms with E-state index < -0.39 is 5.97 Å². The number of nitrogens with zero attached hydrogens (tertiary/aromatic N) is 2. The third-order valence-electron chi connectivity index (χ3n) is 8.16. The van der Waals surface area contributed by atoms with Gasteiger partial charge < -0.3 is 19.3 Å². The second kappa shape index (κ2) is 21.2. The lowest BCUT2D eigenvalue weighted by Gasteiger charge is -2.41. The zero-order valence-corrected chi connectivity index (χ0v) is 26.1. The number of benzene rings is 1. The molecule has 2 atom stereocenters. The molecule has 0 aliphatic carbocycles. The van der Waals surface area contributed by atoms with Crippen LogP contribution in [0.2, 0.25) is 0 Å². The summed E-state index contributed by atoms with van der Waals surface area (Å²) in [4.78, 5) is 42.1.